The molecule has 2 amide bonds. The first-order valence-electron chi connectivity index (χ1n) is 11.9. The Bertz CT molecular complexity index is 1410. The van der Waals surface area contributed by atoms with Gasteiger partial charge in [-0.3, -0.25) is 9.59 Å². The molecular weight excluding hydrogens is 470 g/mol. The summed E-state index contributed by atoms with van der Waals surface area (Å²) in [5, 5.41) is 3.84. The van der Waals surface area contributed by atoms with Crippen LogP contribution >= 0.6 is 11.3 Å². The molecule has 0 radical (unpaired) electrons. The maximum absolute atomic E-state index is 13.2. The van der Waals surface area contributed by atoms with Gasteiger partial charge in [-0.1, -0.05) is 36.4 Å². The van der Waals surface area contributed by atoms with Crippen molar-refractivity contribution in [1.82, 2.24) is 9.88 Å². The zero-order valence-corrected chi connectivity index (χ0v) is 20.9. The fraction of sp³-hybridized carbons (Fsp3) is 0.207. The summed E-state index contributed by atoms with van der Waals surface area (Å²) in [6, 6.07) is 23.4. The summed E-state index contributed by atoms with van der Waals surface area (Å²) in [5.74, 6) is 0.815. The number of fused-ring (bicyclic) bond motifs is 1. The van der Waals surface area contributed by atoms with Crippen LogP contribution in [-0.4, -0.2) is 35.4 Å². The Morgan fingerprint density at radius 1 is 1.11 bits per heavy atom. The van der Waals surface area contributed by atoms with Gasteiger partial charge < -0.3 is 15.0 Å². The first kappa shape index (κ1) is 23.8. The van der Waals surface area contributed by atoms with E-state index in [4.69, 9.17) is 9.72 Å². The highest BCUT2D eigenvalue weighted by Crippen LogP contribution is 2.31. The third kappa shape index (κ3) is 5.63. The van der Waals surface area contributed by atoms with Gasteiger partial charge in [0.25, 0.3) is 0 Å². The molecule has 1 fully saturated rings. The fourth-order valence-corrected chi connectivity index (χ4v) is 5.33. The summed E-state index contributed by atoms with van der Waals surface area (Å²) < 4.78 is 6.45. The molecule has 1 aliphatic heterocycles. The van der Waals surface area contributed by atoms with E-state index in [2.05, 4.69) is 5.32 Å². The van der Waals surface area contributed by atoms with E-state index in [-0.39, 0.29) is 18.2 Å². The van der Waals surface area contributed by atoms with E-state index in [1.54, 1.807) is 18.4 Å². The van der Waals surface area contributed by atoms with Crippen LogP contribution in [0.3, 0.4) is 0 Å². The summed E-state index contributed by atoms with van der Waals surface area (Å²) in [7, 11) is 1.64. The van der Waals surface area contributed by atoms with Gasteiger partial charge in [-0.25, -0.2) is 4.98 Å². The Kier molecular flexibility index (Phi) is 7.09. The zero-order valence-electron chi connectivity index (χ0n) is 20.1. The lowest BCUT2D eigenvalue weighted by Crippen LogP contribution is -2.23. The van der Waals surface area contributed by atoms with Crippen molar-refractivity contribution in [3.8, 4) is 5.75 Å². The Balaban J connectivity index is 1.37. The molecule has 2 heterocycles. The van der Waals surface area contributed by atoms with Gasteiger partial charge in [0.1, 0.15) is 10.8 Å². The summed E-state index contributed by atoms with van der Waals surface area (Å²) in [6.07, 6.45) is 3.69. The van der Waals surface area contributed by atoms with Crippen molar-refractivity contribution in [2.24, 2.45) is 0 Å². The SMILES string of the molecule is COc1cccc(/C=C(/CC(=O)Nc2cccc(CN3CCCC3=O)c2)c2nc3ccccc3s2)c1. The normalized spacial score (nSPS) is 13.9. The van der Waals surface area contributed by atoms with Gasteiger partial charge in [-0.05, 0) is 65.6 Å². The number of likely N-dealkylation sites (tertiary alicyclic amines) is 1. The molecular formula is C29H27N3O3S. The lowest BCUT2D eigenvalue weighted by Gasteiger charge is -2.16. The standard InChI is InChI=1S/C29H27N3O3S/c1-35-24-10-5-7-20(17-24)15-22(29-31-25-11-2-3-12-26(25)36-29)18-27(33)30-23-9-4-8-21(16-23)19-32-14-6-13-28(32)34/h2-5,7-12,15-17H,6,13-14,18-19H2,1H3,(H,30,33)/b22-15-. The van der Waals surface area contributed by atoms with Crippen LogP contribution in [-0.2, 0) is 16.1 Å². The highest BCUT2D eigenvalue weighted by atomic mass is 32.1. The van der Waals surface area contributed by atoms with Gasteiger partial charge in [-0.15, -0.1) is 11.3 Å². The monoisotopic (exact) mass is 497 g/mol. The number of nitrogens with zero attached hydrogens (tertiary/aromatic N) is 2. The van der Waals surface area contributed by atoms with Crippen molar-refractivity contribution in [1.29, 1.82) is 0 Å². The number of nitrogens with one attached hydrogen (secondary N) is 1. The number of hydrogen-bond acceptors (Lipinski definition) is 5. The van der Waals surface area contributed by atoms with Crippen LogP contribution in [0.25, 0.3) is 21.9 Å². The minimum atomic E-state index is -0.127. The second kappa shape index (κ2) is 10.7. The van der Waals surface area contributed by atoms with Gasteiger partial charge in [0, 0.05) is 25.2 Å². The molecule has 1 saturated heterocycles. The van der Waals surface area contributed by atoms with Crippen molar-refractivity contribution < 1.29 is 14.3 Å². The van der Waals surface area contributed by atoms with Crippen molar-refractivity contribution in [3.63, 3.8) is 0 Å². The number of carbonyl (C=O) groups is 2. The van der Waals surface area contributed by atoms with E-state index in [9.17, 15) is 9.59 Å². The predicted octanol–water partition coefficient (Wildman–Crippen LogP) is 6.00. The summed E-state index contributed by atoms with van der Waals surface area (Å²) >= 11 is 1.58. The van der Waals surface area contributed by atoms with Crippen molar-refractivity contribution >= 4 is 50.7 Å². The van der Waals surface area contributed by atoms with Crippen molar-refractivity contribution in [2.75, 3.05) is 19.0 Å². The minimum absolute atomic E-state index is 0.127. The average Bonchev–Trinajstić information content (AvgIpc) is 3.50. The average molecular weight is 498 g/mol. The molecule has 5 rings (SSSR count). The molecule has 0 spiro atoms. The van der Waals surface area contributed by atoms with E-state index in [0.29, 0.717) is 18.7 Å². The largest absolute Gasteiger partial charge is 0.497 e. The first-order valence-corrected chi connectivity index (χ1v) is 12.8. The number of amides is 2. The second-order valence-electron chi connectivity index (χ2n) is 8.78. The highest BCUT2D eigenvalue weighted by molar-refractivity contribution is 7.19. The van der Waals surface area contributed by atoms with E-state index in [0.717, 1.165) is 50.6 Å². The number of anilines is 1. The van der Waals surface area contributed by atoms with Crippen LogP contribution in [0.2, 0.25) is 0 Å². The van der Waals surface area contributed by atoms with Crippen LogP contribution in [0.5, 0.6) is 5.75 Å². The van der Waals surface area contributed by atoms with E-state index in [1.807, 2.05) is 83.8 Å². The lowest BCUT2D eigenvalue weighted by atomic mass is 10.1. The molecule has 1 aromatic heterocycles. The number of para-hydroxylation sites is 1. The molecule has 0 unspecified atom stereocenters. The Hall–Kier alpha value is -3.97. The minimum Gasteiger partial charge on any atom is -0.497 e. The number of thiazole rings is 1. The number of benzene rings is 3. The molecule has 36 heavy (non-hydrogen) atoms. The first-order chi connectivity index (χ1) is 17.6. The molecule has 4 aromatic rings. The molecule has 7 heteroatoms. The van der Waals surface area contributed by atoms with E-state index < -0.39 is 0 Å². The summed E-state index contributed by atoms with van der Waals surface area (Å²) in [4.78, 5) is 31.8. The second-order valence-corrected chi connectivity index (χ2v) is 9.81. The maximum Gasteiger partial charge on any atom is 0.228 e. The van der Waals surface area contributed by atoms with Crippen molar-refractivity contribution in [3.05, 3.63) is 88.9 Å². The number of rotatable bonds is 8. The highest BCUT2D eigenvalue weighted by Gasteiger charge is 2.20. The number of aromatic nitrogens is 1. The quantitative estimate of drug-likeness (QED) is 0.324. The Morgan fingerprint density at radius 2 is 1.97 bits per heavy atom. The van der Waals surface area contributed by atoms with Gasteiger partial charge >= 0.3 is 0 Å². The van der Waals surface area contributed by atoms with Crippen LogP contribution in [0.1, 0.15) is 35.4 Å². The number of methoxy groups -OCH3 is 1. The van der Waals surface area contributed by atoms with Gasteiger partial charge in [0.15, 0.2) is 0 Å². The van der Waals surface area contributed by atoms with Crippen molar-refractivity contribution in [2.45, 2.75) is 25.8 Å². The number of hydrogen-bond donors (Lipinski definition) is 1. The molecule has 182 valence electrons. The molecule has 0 atom stereocenters. The van der Waals surface area contributed by atoms with Crippen LogP contribution in [0, 0.1) is 0 Å². The zero-order chi connectivity index (χ0) is 24.9. The smallest absolute Gasteiger partial charge is 0.228 e. The van der Waals surface area contributed by atoms with E-state index in [1.165, 1.54) is 0 Å². The summed E-state index contributed by atoms with van der Waals surface area (Å²) in [5.41, 5.74) is 4.41. The maximum atomic E-state index is 13.2. The molecule has 0 bridgehead atoms. The van der Waals surface area contributed by atoms with Crippen LogP contribution < -0.4 is 10.1 Å². The third-order valence-electron chi connectivity index (χ3n) is 6.11. The molecule has 1 N–H and O–H groups in total. The van der Waals surface area contributed by atoms with Gasteiger partial charge in [0.05, 0.1) is 23.7 Å². The third-order valence-corrected chi connectivity index (χ3v) is 7.22. The van der Waals surface area contributed by atoms with Gasteiger partial charge in [-0.2, -0.15) is 0 Å². The Labute approximate surface area is 214 Å². The molecule has 3 aromatic carbocycles. The molecule has 0 aliphatic carbocycles. The van der Waals surface area contributed by atoms with Gasteiger partial charge in [0.2, 0.25) is 11.8 Å². The number of carbonyl (C=O) groups excluding carboxylic acids is 2. The fourth-order valence-electron chi connectivity index (χ4n) is 4.35. The van der Waals surface area contributed by atoms with Crippen LogP contribution in [0.4, 0.5) is 5.69 Å². The molecule has 1 aliphatic rings. The Morgan fingerprint density at radius 3 is 2.78 bits per heavy atom. The lowest BCUT2D eigenvalue weighted by molar-refractivity contribution is -0.128. The summed E-state index contributed by atoms with van der Waals surface area (Å²) in [6.45, 7) is 1.35. The topological polar surface area (TPSA) is 71.5 Å². The van der Waals surface area contributed by atoms with E-state index >= 15 is 0 Å². The molecule has 0 saturated carbocycles. The van der Waals surface area contributed by atoms with Crippen LogP contribution in [0.15, 0.2) is 72.8 Å². The number of ether oxygens (including phenoxy) is 1. The molecule has 6 nitrogen and oxygen atoms in total. The predicted molar refractivity (Wildman–Crippen MR) is 145 cm³/mol.